The third-order valence-electron chi connectivity index (χ3n) is 5.12. The molecule has 9 nitrogen and oxygen atoms in total. The maximum atomic E-state index is 14.7. The Bertz CT molecular complexity index is 1070. The van der Waals surface area contributed by atoms with Gasteiger partial charge in [0.1, 0.15) is 18.1 Å². The molecule has 0 N–H and O–H groups in total. The van der Waals surface area contributed by atoms with Crippen molar-refractivity contribution in [3.63, 3.8) is 0 Å². The molecule has 1 saturated heterocycles. The largest absolute Gasteiger partial charge is 0.463 e. The Balaban J connectivity index is 3.74. The van der Waals surface area contributed by atoms with Crippen LogP contribution in [0.4, 0.5) is 57.1 Å². The summed E-state index contributed by atoms with van der Waals surface area (Å²) < 4.78 is 200. The number of esters is 4. The lowest BCUT2D eigenvalue weighted by atomic mass is 9.98. The van der Waals surface area contributed by atoms with Crippen molar-refractivity contribution in [3.8, 4) is 0 Å². The molecular weight excluding hydrogens is 663 g/mol. The Hall–Kier alpha value is -2.72. The van der Waals surface area contributed by atoms with E-state index in [1.165, 1.54) is 0 Å². The minimum absolute atomic E-state index is 0.513. The first-order valence-corrected chi connectivity index (χ1v) is 11.9. The minimum Gasteiger partial charge on any atom is -0.463 e. The topological polar surface area (TPSA) is 114 Å². The second-order valence-corrected chi connectivity index (χ2v) is 9.71. The zero-order chi connectivity index (χ0) is 34.1. The molecule has 1 fully saturated rings. The molecule has 43 heavy (non-hydrogen) atoms. The Morgan fingerprint density at radius 2 is 0.977 bits per heavy atom. The fourth-order valence-electron chi connectivity index (χ4n) is 3.26. The first-order chi connectivity index (χ1) is 19.0. The quantitative estimate of drug-likeness (QED) is 0.175. The van der Waals surface area contributed by atoms with E-state index in [0.717, 1.165) is 6.92 Å². The molecule has 0 saturated carbocycles. The van der Waals surface area contributed by atoms with Crippen LogP contribution in [0.5, 0.6) is 0 Å². The van der Waals surface area contributed by atoms with Gasteiger partial charge in [-0.2, -0.15) is 57.1 Å². The summed E-state index contributed by atoms with van der Waals surface area (Å²) in [6, 6.07) is 0. The summed E-state index contributed by atoms with van der Waals surface area (Å²) in [6.45, 7) is 1.39. The Morgan fingerprint density at radius 1 is 0.581 bits per heavy atom. The summed E-state index contributed by atoms with van der Waals surface area (Å²) in [5.41, 5.74) is -3.07. The lowest BCUT2D eigenvalue weighted by molar-refractivity contribution is -0.433. The number of hydrogen-bond donors (Lipinski definition) is 0. The molecular formula is C20H19F13O9S. The van der Waals surface area contributed by atoms with Crippen LogP contribution in [0.15, 0.2) is 0 Å². The standard InChI is InChI=1S/C20H19F13O9S/c1-6(34)38-5-10-11(39-7(2)35)12(40-8(3)36)13(41-9(4)37)14(42-10)43-20(32,33)18(27,28)16(23,24)15(21,22)17(25,26)19(29,30)31/h10-14H,5H2,1-4H3/t10-,11-,12+,13-,14+/m1/s1. The van der Waals surface area contributed by atoms with E-state index in [-0.39, 0.29) is 0 Å². The van der Waals surface area contributed by atoms with Crippen LogP contribution in [-0.4, -0.2) is 95.5 Å². The van der Waals surface area contributed by atoms with Gasteiger partial charge in [-0.25, -0.2) is 0 Å². The fraction of sp³-hybridized carbons (Fsp3) is 0.800. The second-order valence-electron chi connectivity index (χ2n) is 8.50. The molecule has 0 bridgehead atoms. The molecule has 0 aliphatic carbocycles. The third-order valence-corrected chi connectivity index (χ3v) is 6.28. The molecule has 0 amide bonds. The van der Waals surface area contributed by atoms with Crippen LogP contribution in [0.25, 0.3) is 0 Å². The van der Waals surface area contributed by atoms with Gasteiger partial charge in [0, 0.05) is 27.7 Å². The van der Waals surface area contributed by atoms with Gasteiger partial charge in [0.25, 0.3) is 0 Å². The molecule has 1 rings (SSSR count). The zero-order valence-electron chi connectivity index (χ0n) is 21.6. The van der Waals surface area contributed by atoms with E-state index in [0.29, 0.717) is 20.8 Å². The molecule has 250 valence electrons. The highest BCUT2D eigenvalue weighted by Crippen LogP contribution is 2.62. The summed E-state index contributed by atoms with van der Waals surface area (Å²) in [5.74, 6) is -37.4. The zero-order valence-corrected chi connectivity index (χ0v) is 22.4. The molecule has 0 spiro atoms. The summed E-state index contributed by atoms with van der Waals surface area (Å²) in [5, 5.41) is -6.79. The monoisotopic (exact) mass is 682 g/mol. The summed E-state index contributed by atoms with van der Waals surface area (Å²) in [7, 11) is 0. The van der Waals surface area contributed by atoms with E-state index >= 15 is 0 Å². The number of rotatable bonds is 11. The molecule has 5 atom stereocenters. The summed E-state index contributed by atoms with van der Waals surface area (Å²) in [4.78, 5) is 46.1. The molecule has 1 aliphatic heterocycles. The van der Waals surface area contributed by atoms with E-state index in [1.807, 2.05) is 0 Å². The molecule has 23 heteroatoms. The second kappa shape index (κ2) is 12.7. The molecule has 0 radical (unpaired) electrons. The van der Waals surface area contributed by atoms with Gasteiger partial charge in [-0.1, -0.05) is 0 Å². The van der Waals surface area contributed by atoms with Gasteiger partial charge >= 0.3 is 59.0 Å². The third kappa shape index (κ3) is 7.69. The summed E-state index contributed by atoms with van der Waals surface area (Å²) >= 11 is -1.96. The van der Waals surface area contributed by atoms with Gasteiger partial charge in [0.05, 0.1) is 0 Å². The Kier molecular flexibility index (Phi) is 11.3. The van der Waals surface area contributed by atoms with Crippen molar-refractivity contribution in [1.82, 2.24) is 0 Å². The first kappa shape index (κ1) is 38.3. The van der Waals surface area contributed by atoms with Crippen LogP contribution in [-0.2, 0) is 42.9 Å². The number of thioether (sulfide) groups is 1. The van der Waals surface area contributed by atoms with E-state index in [1.54, 1.807) is 0 Å². The van der Waals surface area contributed by atoms with Gasteiger partial charge in [0.15, 0.2) is 18.3 Å². The van der Waals surface area contributed by atoms with Crippen molar-refractivity contribution in [3.05, 3.63) is 0 Å². The van der Waals surface area contributed by atoms with E-state index in [4.69, 9.17) is 14.2 Å². The van der Waals surface area contributed by atoms with Crippen molar-refractivity contribution in [1.29, 1.82) is 0 Å². The van der Waals surface area contributed by atoms with Crippen LogP contribution >= 0.6 is 11.8 Å². The van der Waals surface area contributed by atoms with Crippen LogP contribution in [0.1, 0.15) is 27.7 Å². The molecule has 0 aromatic carbocycles. The summed E-state index contributed by atoms with van der Waals surface area (Å²) in [6.07, 6.45) is -17.0. The minimum atomic E-state index is -8.19. The number of hydrogen-bond acceptors (Lipinski definition) is 10. The van der Waals surface area contributed by atoms with Crippen LogP contribution < -0.4 is 0 Å². The average molecular weight is 682 g/mol. The highest BCUT2D eigenvalue weighted by molar-refractivity contribution is 8.00. The molecule has 0 unspecified atom stereocenters. The highest BCUT2D eigenvalue weighted by atomic mass is 32.2. The Morgan fingerprint density at radius 3 is 1.37 bits per heavy atom. The molecule has 1 heterocycles. The number of ether oxygens (including phenoxy) is 5. The number of alkyl halides is 13. The van der Waals surface area contributed by atoms with Crippen molar-refractivity contribution < 1.29 is 99.9 Å². The Labute approximate surface area is 235 Å². The van der Waals surface area contributed by atoms with E-state index in [2.05, 4.69) is 9.47 Å². The highest BCUT2D eigenvalue weighted by Gasteiger charge is 2.91. The number of carbonyl (C=O) groups excluding carboxylic acids is 4. The lowest BCUT2D eigenvalue weighted by Gasteiger charge is -2.45. The van der Waals surface area contributed by atoms with Gasteiger partial charge in [-0.3, -0.25) is 19.2 Å². The van der Waals surface area contributed by atoms with Gasteiger partial charge in [-0.05, 0) is 11.8 Å². The lowest BCUT2D eigenvalue weighted by Crippen LogP contribution is -2.70. The number of carbonyl (C=O) groups is 4. The van der Waals surface area contributed by atoms with Gasteiger partial charge < -0.3 is 23.7 Å². The fourth-order valence-corrected chi connectivity index (χ4v) is 4.37. The van der Waals surface area contributed by atoms with Crippen LogP contribution in [0.2, 0.25) is 0 Å². The van der Waals surface area contributed by atoms with Crippen molar-refractivity contribution in [2.45, 2.75) is 92.7 Å². The van der Waals surface area contributed by atoms with Crippen LogP contribution in [0.3, 0.4) is 0 Å². The van der Waals surface area contributed by atoms with Crippen molar-refractivity contribution in [2.75, 3.05) is 6.61 Å². The molecule has 0 aromatic rings. The predicted molar refractivity (Wildman–Crippen MR) is 110 cm³/mol. The van der Waals surface area contributed by atoms with Crippen molar-refractivity contribution in [2.24, 2.45) is 0 Å². The van der Waals surface area contributed by atoms with Crippen molar-refractivity contribution >= 4 is 35.6 Å². The average Bonchev–Trinajstić information content (AvgIpc) is 2.79. The molecule has 1 aliphatic rings. The predicted octanol–water partition coefficient (Wildman–Crippen LogP) is 4.50. The molecule has 0 aromatic heterocycles. The SMILES string of the molecule is CC(=O)OC[C@H]1O[C@@H](SC(F)(F)C(F)(F)C(F)(F)C(F)(F)C(F)(F)C(F)(F)F)[C@H](OC(C)=O)[C@@H](OC(C)=O)[C@@H]1OC(C)=O. The normalized spacial score (nSPS) is 24.2. The maximum absolute atomic E-state index is 14.7. The van der Waals surface area contributed by atoms with Gasteiger partial charge in [-0.15, -0.1) is 0 Å². The van der Waals surface area contributed by atoms with E-state index in [9.17, 15) is 76.3 Å². The van der Waals surface area contributed by atoms with E-state index < -0.39 is 107 Å². The van der Waals surface area contributed by atoms with Gasteiger partial charge in [0.2, 0.25) is 0 Å². The smallest absolute Gasteiger partial charge is 0.460 e. The maximum Gasteiger partial charge on any atom is 0.460 e. The van der Waals surface area contributed by atoms with Crippen LogP contribution in [0, 0.1) is 0 Å². The number of halogens is 13. The first-order valence-electron chi connectivity index (χ1n) is 11.0.